The van der Waals surface area contributed by atoms with E-state index in [4.69, 9.17) is 6.65 Å². The standard InChI is InChI=1S/Co.2O.S.Ti. The summed E-state index contributed by atoms with van der Waals surface area (Å²) in [4.78, 5) is 0. The van der Waals surface area contributed by atoms with Gasteiger partial charge in [-0.05, 0) is 0 Å². The third-order valence-corrected chi connectivity index (χ3v) is 0. The Kier molecular flexibility index (Phi) is 37.2. The Hall–Kier alpha value is 1.04. The van der Waals surface area contributed by atoms with Crippen LogP contribution >= 0.6 is 10.6 Å². The minimum atomic E-state index is -2.00. The number of rotatable bonds is 0. The van der Waals surface area contributed by atoms with Gasteiger partial charge < -0.3 is 0 Å². The second kappa shape index (κ2) is 19.8. The first-order valence-electron chi connectivity index (χ1n) is 0.544. The molecule has 2 nitrogen and oxygen atoms in total. The number of hydrogen-bond donors (Lipinski definition) is 0. The molecule has 0 aliphatic carbocycles. The molecular weight excluding hydrogens is 171 g/mol. The number of hydrogen-bond acceptors (Lipinski definition) is 3. The van der Waals surface area contributed by atoms with Crippen molar-refractivity contribution < 1.29 is 39.9 Å². The average Bonchev–Trinajstić information content (AvgIpc) is 1.46. The van der Waals surface area contributed by atoms with Crippen LogP contribution in [0.4, 0.5) is 0 Å². The van der Waals surface area contributed by atoms with Crippen molar-refractivity contribution in [1.82, 2.24) is 0 Å². The van der Waals surface area contributed by atoms with E-state index >= 15 is 0 Å². The van der Waals surface area contributed by atoms with E-state index in [1.54, 1.807) is 0 Å². The van der Waals surface area contributed by atoms with Crippen LogP contribution in [0.3, 0.4) is 0 Å². The third-order valence-electron chi connectivity index (χ3n) is 0. The van der Waals surface area contributed by atoms with Crippen molar-refractivity contribution in [3.63, 3.8) is 0 Å². The first-order chi connectivity index (χ1) is 2.41. The Balaban J connectivity index is 0. The predicted molar refractivity (Wildman–Crippen MR) is 8.96 cm³/mol. The summed E-state index contributed by atoms with van der Waals surface area (Å²) in [7, 11) is 3.77. The van der Waals surface area contributed by atoms with Gasteiger partial charge in [0.1, 0.15) is 0 Å². The molecule has 5 heavy (non-hydrogen) atoms. The zero-order valence-corrected chi connectivity index (χ0v) is 5.48. The summed E-state index contributed by atoms with van der Waals surface area (Å²) >= 11 is 1.15. The molecule has 0 aromatic rings. The summed E-state index contributed by atoms with van der Waals surface area (Å²) in [6, 6.07) is 0. The molecule has 0 radical (unpaired) electrons. The van der Waals surface area contributed by atoms with E-state index in [-0.39, 0.29) is 0 Å². The molecule has 0 atom stereocenters. The van der Waals surface area contributed by atoms with Gasteiger partial charge in [0, 0.05) is 0 Å². The summed E-state index contributed by atoms with van der Waals surface area (Å²) in [5.41, 5.74) is 0. The average molecular weight is 171 g/mol. The molecule has 0 unspecified atom stereocenters. The van der Waals surface area contributed by atoms with Crippen LogP contribution in [0.1, 0.15) is 0 Å². The summed E-state index contributed by atoms with van der Waals surface area (Å²) in [6.07, 6.45) is 0. The fourth-order valence-corrected chi connectivity index (χ4v) is 0. The second-order valence-corrected chi connectivity index (χ2v) is 0.344. The fourth-order valence-electron chi connectivity index (χ4n) is 0. The van der Waals surface area contributed by atoms with Gasteiger partial charge in [0.25, 0.3) is 0 Å². The van der Waals surface area contributed by atoms with E-state index in [0.29, 0.717) is 0 Å². The molecule has 0 N–H and O–H groups in total. The minimum absolute atomic E-state index is 2.00. The van der Waals surface area contributed by atoms with Crippen LogP contribution in [0, 0.1) is 0 Å². The molecule has 0 rings (SSSR count). The quantitative estimate of drug-likeness (QED) is 0.494. The monoisotopic (exact) mass is 171 g/mol. The molecule has 0 heterocycles. The third kappa shape index (κ3) is 43.0. The van der Waals surface area contributed by atoms with Gasteiger partial charge in [-0.3, -0.25) is 0 Å². The van der Waals surface area contributed by atoms with Crippen LogP contribution < -0.4 is 0 Å². The Morgan fingerprint density at radius 2 is 1.40 bits per heavy atom. The zero-order valence-electron chi connectivity index (χ0n) is 2.06. The molecule has 0 aromatic carbocycles. The van der Waals surface area contributed by atoms with E-state index < -0.39 is 19.1 Å². The molecular formula is CoO2STi. The van der Waals surface area contributed by atoms with Crippen molar-refractivity contribution in [2.75, 3.05) is 0 Å². The van der Waals surface area contributed by atoms with E-state index in [9.17, 15) is 0 Å². The summed E-state index contributed by atoms with van der Waals surface area (Å²) in [6.45, 7) is 0. The molecule has 0 spiro atoms. The molecule has 0 saturated carbocycles. The Bertz CT molecular complexity index is 38.9. The van der Waals surface area contributed by atoms with Crippen LogP contribution in [0.5, 0.6) is 0 Å². The van der Waals surface area contributed by atoms with Crippen molar-refractivity contribution in [3.05, 3.63) is 0 Å². The van der Waals surface area contributed by atoms with Gasteiger partial charge in [-0.25, -0.2) is 0 Å². The Morgan fingerprint density at radius 1 is 1.40 bits per heavy atom. The first kappa shape index (κ1) is 9.40. The molecule has 0 aliphatic heterocycles. The van der Waals surface area contributed by atoms with Gasteiger partial charge in [-0.15, -0.1) is 0 Å². The van der Waals surface area contributed by atoms with Gasteiger partial charge in [-0.1, -0.05) is 0 Å². The maximum absolute atomic E-state index is 8.50. The van der Waals surface area contributed by atoms with Crippen molar-refractivity contribution in [3.8, 4) is 0 Å². The molecule has 0 saturated heterocycles. The van der Waals surface area contributed by atoms with Crippen LogP contribution in [-0.2, 0) is 39.9 Å². The molecule has 0 fully saturated rings. The summed E-state index contributed by atoms with van der Waals surface area (Å²) in [5.74, 6) is 0. The van der Waals surface area contributed by atoms with Crippen LogP contribution in [-0.4, -0.2) is 0 Å². The van der Waals surface area contributed by atoms with Crippen molar-refractivity contribution in [1.29, 1.82) is 0 Å². The van der Waals surface area contributed by atoms with Gasteiger partial charge in [0.2, 0.25) is 0 Å². The van der Waals surface area contributed by atoms with Gasteiger partial charge in [0.15, 0.2) is 0 Å². The summed E-state index contributed by atoms with van der Waals surface area (Å²) < 4.78 is 17.0. The predicted octanol–water partition coefficient (Wildman–Crippen LogP) is 0.406. The normalized spacial score (nSPS) is 2.60. The van der Waals surface area contributed by atoms with Crippen molar-refractivity contribution >= 4 is 10.6 Å². The topological polar surface area (TPSA) is 34.1 Å². The fraction of sp³-hybridized carbons (Fsp3) is 0. The van der Waals surface area contributed by atoms with Crippen molar-refractivity contribution in [2.45, 2.75) is 0 Å². The van der Waals surface area contributed by atoms with E-state index in [2.05, 4.69) is 24.7 Å². The van der Waals surface area contributed by atoms with Crippen LogP contribution in [0.2, 0.25) is 0 Å². The van der Waals surface area contributed by atoms with Crippen LogP contribution in [0.15, 0.2) is 0 Å². The summed E-state index contributed by atoms with van der Waals surface area (Å²) in [5, 5.41) is 0. The Morgan fingerprint density at radius 3 is 1.40 bits per heavy atom. The molecule has 5 heteroatoms. The Labute approximate surface area is 50.4 Å². The van der Waals surface area contributed by atoms with Crippen LogP contribution in [0.25, 0.3) is 0 Å². The van der Waals surface area contributed by atoms with Crippen molar-refractivity contribution in [2.24, 2.45) is 0 Å². The van der Waals surface area contributed by atoms with E-state index in [1.807, 2.05) is 0 Å². The SMILES string of the molecule is [O]=[Ti]=[O].[S]=[Co]. The molecule has 0 aliphatic rings. The maximum atomic E-state index is 8.50. The molecule has 0 amide bonds. The van der Waals surface area contributed by atoms with E-state index in [1.165, 1.54) is 0 Å². The molecule has 31 valence electrons. The van der Waals surface area contributed by atoms with Gasteiger partial charge in [0.05, 0.1) is 0 Å². The first-order valence-corrected chi connectivity index (χ1v) is 3.37. The van der Waals surface area contributed by atoms with Gasteiger partial charge >= 0.3 is 50.5 Å². The van der Waals surface area contributed by atoms with E-state index in [0.717, 1.165) is 0 Å². The zero-order chi connectivity index (χ0) is 4.71. The molecule has 0 bridgehead atoms. The second-order valence-electron chi connectivity index (χ2n) is 0.0833. The molecule has 0 aromatic heterocycles. The van der Waals surface area contributed by atoms with Gasteiger partial charge in [-0.2, -0.15) is 0 Å².